The van der Waals surface area contributed by atoms with Crippen LogP contribution in [0.5, 0.6) is 0 Å². The summed E-state index contributed by atoms with van der Waals surface area (Å²) in [6.45, 7) is 2.94. The normalized spacial score (nSPS) is 11.4. The Bertz CT molecular complexity index is 2050. The summed E-state index contributed by atoms with van der Waals surface area (Å²) in [5, 5.41) is 2.51. The Kier molecular flexibility index (Phi) is 7.39. The van der Waals surface area contributed by atoms with Crippen LogP contribution in [0.25, 0.3) is 11.0 Å². The third-order valence-corrected chi connectivity index (χ3v) is 7.60. The van der Waals surface area contributed by atoms with Crippen LogP contribution in [0.4, 0.5) is 20.3 Å². The quantitative estimate of drug-likeness (QED) is 0.261. The van der Waals surface area contributed by atoms with Crippen LogP contribution in [0.3, 0.4) is 0 Å². The molecule has 0 aliphatic heterocycles. The van der Waals surface area contributed by atoms with E-state index in [1.807, 2.05) is 0 Å². The molecule has 3 aromatic heterocycles. The van der Waals surface area contributed by atoms with Crippen LogP contribution in [-0.2, 0) is 16.6 Å². The number of anilines is 2. The number of aryl methyl sites for hydroxylation is 2. The fourth-order valence-electron chi connectivity index (χ4n) is 4.33. The molecule has 0 aliphatic carbocycles. The molecule has 2 aromatic carbocycles. The predicted molar refractivity (Wildman–Crippen MR) is 151 cm³/mol. The van der Waals surface area contributed by atoms with E-state index < -0.39 is 44.1 Å². The van der Waals surface area contributed by atoms with Gasteiger partial charge in [0.1, 0.15) is 34.4 Å². The molecule has 0 radical (unpaired) electrons. The minimum Gasteiger partial charge on any atom is -0.341 e. The number of hydrogen-bond acceptors (Lipinski definition) is 7. The molecular weight excluding hydrogens is 570 g/mol. The molecule has 0 fully saturated rings. The summed E-state index contributed by atoms with van der Waals surface area (Å²) in [7, 11) is -4.02. The van der Waals surface area contributed by atoms with Gasteiger partial charge in [-0.3, -0.25) is 19.1 Å². The van der Waals surface area contributed by atoms with Gasteiger partial charge in [0, 0.05) is 35.3 Å². The number of carbonyl (C=O) groups is 1. The Morgan fingerprint density at radius 3 is 2.33 bits per heavy atom. The van der Waals surface area contributed by atoms with Crippen LogP contribution in [0.1, 0.15) is 27.4 Å². The van der Waals surface area contributed by atoms with Crippen molar-refractivity contribution < 1.29 is 22.0 Å². The molecule has 0 spiro atoms. The molecule has 214 valence electrons. The Morgan fingerprint density at radius 2 is 1.67 bits per heavy atom. The average molecular weight is 593 g/mol. The van der Waals surface area contributed by atoms with Crippen LogP contribution in [0.15, 0.2) is 81.3 Å². The monoisotopic (exact) mass is 592 g/mol. The number of aromatic amines is 1. The fourth-order valence-corrected chi connectivity index (χ4v) is 5.32. The molecule has 0 saturated heterocycles. The zero-order valence-corrected chi connectivity index (χ0v) is 22.9. The van der Waals surface area contributed by atoms with Gasteiger partial charge < -0.3 is 14.9 Å². The number of H-pyrrole nitrogens is 1. The predicted octanol–water partition coefficient (Wildman–Crippen LogP) is 3.48. The highest BCUT2D eigenvalue weighted by atomic mass is 32.2. The highest BCUT2D eigenvalue weighted by Crippen LogP contribution is 2.20. The molecule has 11 nitrogen and oxygen atoms in total. The summed E-state index contributed by atoms with van der Waals surface area (Å²) in [5.74, 6) is -2.06. The minimum absolute atomic E-state index is 0.0956. The molecule has 0 bridgehead atoms. The number of nitrogens with zero attached hydrogens (tertiary/aromatic N) is 3. The van der Waals surface area contributed by atoms with E-state index in [1.54, 1.807) is 13.8 Å². The molecule has 0 saturated carbocycles. The number of aromatic nitrogens is 4. The highest BCUT2D eigenvalue weighted by Gasteiger charge is 2.20. The number of sulfonamides is 1. The van der Waals surface area contributed by atoms with Gasteiger partial charge in [0.15, 0.2) is 0 Å². The highest BCUT2D eigenvalue weighted by molar-refractivity contribution is 7.92. The maximum Gasteiger partial charge on any atom is 0.263 e. The van der Waals surface area contributed by atoms with Gasteiger partial charge in [-0.25, -0.2) is 27.2 Å². The van der Waals surface area contributed by atoms with Crippen molar-refractivity contribution in [1.29, 1.82) is 0 Å². The van der Waals surface area contributed by atoms with Crippen molar-refractivity contribution >= 4 is 38.5 Å². The first-order chi connectivity index (χ1) is 19.9. The Balaban J connectivity index is 1.45. The maximum absolute atomic E-state index is 14.4. The van der Waals surface area contributed by atoms with Crippen molar-refractivity contribution in [1.82, 2.24) is 19.5 Å². The number of benzene rings is 2. The molecule has 14 heteroatoms. The second-order valence-corrected chi connectivity index (χ2v) is 11.0. The largest absolute Gasteiger partial charge is 0.341 e. The second-order valence-electron chi connectivity index (χ2n) is 9.31. The minimum atomic E-state index is -4.02. The van der Waals surface area contributed by atoms with Crippen LogP contribution >= 0.6 is 0 Å². The summed E-state index contributed by atoms with van der Waals surface area (Å²) in [6.07, 6.45) is 1.14. The molecule has 5 aromatic rings. The summed E-state index contributed by atoms with van der Waals surface area (Å²) in [6, 6.07) is 12.4. The average Bonchev–Trinajstić information content (AvgIpc) is 2.91. The second kappa shape index (κ2) is 11.0. The first-order valence-electron chi connectivity index (χ1n) is 12.4. The summed E-state index contributed by atoms with van der Waals surface area (Å²) < 4.78 is 58.1. The maximum atomic E-state index is 14.4. The number of amides is 1. The van der Waals surface area contributed by atoms with E-state index >= 15 is 0 Å². The molecule has 5 rings (SSSR count). The van der Waals surface area contributed by atoms with Crippen LogP contribution in [0.2, 0.25) is 0 Å². The van der Waals surface area contributed by atoms with Gasteiger partial charge in [-0.05, 0) is 56.3 Å². The van der Waals surface area contributed by atoms with Crippen molar-refractivity contribution in [3.05, 3.63) is 122 Å². The summed E-state index contributed by atoms with van der Waals surface area (Å²) in [5.41, 5.74) is -1.51. The van der Waals surface area contributed by atoms with Crippen molar-refractivity contribution in [3.63, 3.8) is 0 Å². The molecule has 3 N–H and O–H groups in total. The molecular formula is C28H22F2N6O5S. The first-order valence-corrected chi connectivity index (χ1v) is 13.9. The number of nitrogens with one attached hydrogen (secondary N) is 3. The van der Waals surface area contributed by atoms with Gasteiger partial charge in [-0.15, -0.1) is 0 Å². The van der Waals surface area contributed by atoms with Gasteiger partial charge in [0.25, 0.3) is 15.9 Å². The molecule has 0 aliphatic rings. The van der Waals surface area contributed by atoms with Crippen LogP contribution in [-0.4, -0.2) is 33.8 Å². The van der Waals surface area contributed by atoms with Crippen molar-refractivity contribution in [2.75, 3.05) is 10.0 Å². The van der Waals surface area contributed by atoms with Gasteiger partial charge in [0.05, 0.1) is 17.0 Å². The molecule has 3 heterocycles. The molecule has 42 heavy (non-hydrogen) atoms. The number of fused-ring (bicyclic) bond motifs is 1. The van der Waals surface area contributed by atoms with E-state index in [4.69, 9.17) is 0 Å². The van der Waals surface area contributed by atoms with E-state index in [0.717, 1.165) is 24.4 Å². The zero-order chi connectivity index (χ0) is 30.2. The number of rotatable bonds is 7. The van der Waals surface area contributed by atoms with E-state index in [2.05, 4.69) is 25.0 Å². The molecule has 0 atom stereocenters. The SMILES string of the molecule is Cc1cc(NS(=O)(=O)c2ccc(NC(=O)c3cn(Cc4c(F)cccc4F)c4ccc(=O)[nH]c4c3=O)cc2)nc(C)n1. The lowest BCUT2D eigenvalue weighted by molar-refractivity contribution is 0.102. The van der Waals surface area contributed by atoms with Crippen molar-refractivity contribution in [3.8, 4) is 0 Å². The molecule has 1 amide bonds. The first kappa shape index (κ1) is 28.3. The lowest BCUT2D eigenvalue weighted by Crippen LogP contribution is -2.26. The zero-order valence-electron chi connectivity index (χ0n) is 22.1. The third-order valence-electron chi connectivity index (χ3n) is 6.23. The smallest absolute Gasteiger partial charge is 0.263 e. The van der Waals surface area contributed by atoms with Gasteiger partial charge in [-0.2, -0.15) is 0 Å². The summed E-state index contributed by atoms with van der Waals surface area (Å²) in [4.78, 5) is 48.7. The lowest BCUT2D eigenvalue weighted by Gasteiger charge is -2.14. The van der Waals surface area contributed by atoms with Gasteiger partial charge in [0.2, 0.25) is 11.0 Å². The lowest BCUT2D eigenvalue weighted by atomic mass is 10.1. The number of carbonyl (C=O) groups excluding carboxylic acids is 1. The number of hydrogen-bond donors (Lipinski definition) is 3. The Morgan fingerprint density at radius 1 is 0.976 bits per heavy atom. The fraction of sp³-hybridized carbons (Fsp3) is 0.107. The van der Waals surface area contributed by atoms with Crippen molar-refractivity contribution in [2.24, 2.45) is 0 Å². The number of pyridine rings is 2. The third kappa shape index (κ3) is 5.78. The number of halogens is 2. The topological polar surface area (TPSA) is 156 Å². The van der Waals surface area contributed by atoms with Gasteiger partial charge in [-0.1, -0.05) is 6.07 Å². The van der Waals surface area contributed by atoms with Gasteiger partial charge >= 0.3 is 0 Å². The van der Waals surface area contributed by atoms with E-state index in [-0.39, 0.29) is 39.5 Å². The van der Waals surface area contributed by atoms with E-state index in [1.165, 1.54) is 47.0 Å². The molecule has 0 unspecified atom stereocenters. The van der Waals surface area contributed by atoms with E-state index in [0.29, 0.717) is 11.5 Å². The Labute approximate surface area is 237 Å². The van der Waals surface area contributed by atoms with Crippen LogP contribution in [0, 0.1) is 25.5 Å². The van der Waals surface area contributed by atoms with Crippen LogP contribution < -0.4 is 21.0 Å². The standard InChI is InChI=1S/C28H22F2N6O5S/c1-15-12-24(32-16(2)31-15)35-42(40,41)18-8-6-17(7-9-18)33-28(39)20-14-36(13-19-21(29)4-3-5-22(19)30)23-10-11-25(37)34-26(23)27(20)38/h3-12,14H,13H2,1-2H3,(H,33,39)(H,34,37)(H,31,32,35). The summed E-state index contributed by atoms with van der Waals surface area (Å²) >= 11 is 0. The Hall–Kier alpha value is -5.24. The van der Waals surface area contributed by atoms with E-state index in [9.17, 15) is 31.6 Å². The van der Waals surface area contributed by atoms with Crippen molar-refractivity contribution in [2.45, 2.75) is 25.3 Å².